The molecule has 1 amide bonds. The van der Waals surface area contributed by atoms with Gasteiger partial charge in [0.2, 0.25) is 5.91 Å². The van der Waals surface area contributed by atoms with Gasteiger partial charge in [-0.2, -0.15) is 0 Å². The fraction of sp³-hybridized carbons (Fsp3) is 0.769. The maximum Gasteiger partial charge on any atom is 0.245 e. The van der Waals surface area contributed by atoms with Gasteiger partial charge in [-0.25, -0.2) is 0 Å². The Morgan fingerprint density at radius 2 is 2.31 bits per heavy atom. The Bertz CT molecular complexity index is 259. The molecule has 0 aromatic rings. The lowest BCUT2D eigenvalue weighted by Gasteiger charge is -2.33. The summed E-state index contributed by atoms with van der Waals surface area (Å²) >= 11 is 0. The standard InChI is InChI=1S/C13H21NO2/c1-2-13(15)14-6-3-4-11(9-14)8-12-5-7-16-10-12/h2,11-12H,1,3-10H2. The summed E-state index contributed by atoms with van der Waals surface area (Å²) < 4.78 is 5.40. The molecule has 2 saturated heterocycles. The van der Waals surface area contributed by atoms with Crippen LogP contribution >= 0.6 is 0 Å². The lowest BCUT2D eigenvalue weighted by atomic mass is 9.88. The van der Waals surface area contributed by atoms with Gasteiger partial charge in [0.25, 0.3) is 0 Å². The average Bonchev–Trinajstić information content (AvgIpc) is 2.81. The van der Waals surface area contributed by atoms with E-state index in [1.54, 1.807) is 0 Å². The second-order valence-corrected chi connectivity index (χ2v) is 4.96. The van der Waals surface area contributed by atoms with Crippen molar-refractivity contribution in [2.24, 2.45) is 11.8 Å². The van der Waals surface area contributed by atoms with Crippen LogP contribution in [0.25, 0.3) is 0 Å². The molecule has 0 aliphatic carbocycles. The molecule has 2 heterocycles. The van der Waals surface area contributed by atoms with Crippen LogP contribution in [0.1, 0.15) is 25.7 Å². The average molecular weight is 223 g/mol. The van der Waals surface area contributed by atoms with E-state index in [0.29, 0.717) is 5.92 Å². The zero-order valence-electron chi connectivity index (χ0n) is 9.86. The quantitative estimate of drug-likeness (QED) is 0.683. The third-order valence-electron chi connectivity index (χ3n) is 3.70. The molecule has 0 N–H and O–H groups in total. The molecule has 16 heavy (non-hydrogen) atoms. The van der Waals surface area contributed by atoms with E-state index in [1.165, 1.54) is 25.3 Å². The number of carbonyl (C=O) groups is 1. The smallest absolute Gasteiger partial charge is 0.245 e. The minimum absolute atomic E-state index is 0.0902. The molecular formula is C13H21NO2. The Hall–Kier alpha value is -0.830. The zero-order chi connectivity index (χ0) is 11.4. The van der Waals surface area contributed by atoms with E-state index in [4.69, 9.17) is 4.74 Å². The minimum Gasteiger partial charge on any atom is -0.381 e. The molecule has 2 atom stereocenters. The lowest BCUT2D eigenvalue weighted by Crippen LogP contribution is -2.39. The van der Waals surface area contributed by atoms with Gasteiger partial charge < -0.3 is 9.64 Å². The number of carbonyl (C=O) groups excluding carboxylic acids is 1. The summed E-state index contributed by atoms with van der Waals surface area (Å²) in [5, 5.41) is 0. The summed E-state index contributed by atoms with van der Waals surface area (Å²) in [5.74, 6) is 1.49. The van der Waals surface area contributed by atoms with Crippen molar-refractivity contribution in [3.05, 3.63) is 12.7 Å². The highest BCUT2D eigenvalue weighted by Gasteiger charge is 2.26. The van der Waals surface area contributed by atoms with Gasteiger partial charge >= 0.3 is 0 Å². The molecule has 3 nitrogen and oxygen atoms in total. The van der Waals surface area contributed by atoms with E-state index in [1.807, 2.05) is 4.90 Å². The first-order chi connectivity index (χ1) is 7.79. The Kier molecular flexibility index (Phi) is 3.99. The van der Waals surface area contributed by atoms with Crippen molar-refractivity contribution in [3.63, 3.8) is 0 Å². The molecular weight excluding hydrogens is 202 g/mol. The maximum absolute atomic E-state index is 11.5. The third kappa shape index (κ3) is 2.85. The first-order valence-electron chi connectivity index (χ1n) is 6.28. The number of likely N-dealkylation sites (tertiary alicyclic amines) is 1. The Labute approximate surface area is 97.5 Å². The summed E-state index contributed by atoms with van der Waals surface area (Å²) in [7, 11) is 0. The molecule has 0 aromatic carbocycles. The van der Waals surface area contributed by atoms with Gasteiger partial charge in [-0.05, 0) is 43.6 Å². The maximum atomic E-state index is 11.5. The van der Waals surface area contributed by atoms with Crippen LogP contribution in [0.2, 0.25) is 0 Å². The number of amides is 1. The van der Waals surface area contributed by atoms with E-state index in [0.717, 1.165) is 38.6 Å². The second-order valence-electron chi connectivity index (χ2n) is 4.96. The fourth-order valence-electron chi connectivity index (χ4n) is 2.83. The third-order valence-corrected chi connectivity index (χ3v) is 3.70. The van der Waals surface area contributed by atoms with Crippen molar-refractivity contribution in [1.29, 1.82) is 0 Å². The Morgan fingerprint density at radius 1 is 1.44 bits per heavy atom. The second kappa shape index (κ2) is 5.48. The zero-order valence-corrected chi connectivity index (χ0v) is 9.86. The number of piperidine rings is 1. The molecule has 0 aromatic heterocycles. The monoisotopic (exact) mass is 223 g/mol. The van der Waals surface area contributed by atoms with Crippen LogP contribution in [0.15, 0.2) is 12.7 Å². The molecule has 0 saturated carbocycles. The van der Waals surface area contributed by atoms with E-state index >= 15 is 0 Å². The predicted molar refractivity (Wildman–Crippen MR) is 63.0 cm³/mol. The van der Waals surface area contributed by atoms with Crippen molar-refractivity contribution >= 4 is 5.91 Å². The van der Waals surface area contributed by atoms with Gasteiger partial charge in [0.15, 0.2) is 0 Å². The number of rotatable bonds is 3. The number of hydrogen-bond acceptors (Lipinski definition) is 2. The molecule has 2 rings (SSSR count). The van der Waals surface area contributed by atoms with Crippen LogP contribution in [0.5, 0.6) is 0 Å². The van der Waals surface area contributed by atoms with E-state index in [2.05, 4.69) is 6.58 Å². The SMILES string of the molecule is C=CC(=O)N1CCCC(CC2CCOC2)C1. The minimum atomic E-state index is 0.0902. The van der Waals surface area contributed by atoms with Crippen LogP contribution < -0.4 is 0 Å². The molecule has 2 aliphatic rings. The van der Waals surface area contributed by atoms with Crippen LogP contribution in [0, 0.1) is 11.8 Å². The van der Waals surface area contributed by atoms with E-state index in [-0.39, 0.29) is 5.91 Å². The van der Waals surface area contributed by atoms with Crippen LogP contribution in [0.4, 0.5) is 0 Å². The van der Waals surface area contributed by atoms with Crippen LogP contribution in [-0.4, -0.2) is 37.1 Å². The highest BCUT2D eigenvalue weighted by Crippen LogP contribution is 2.27. The molecule has 2 aliphatic heterocycles. The molecule has 0 bridgehead atoms. The van der Waals surface area contributed by atoms with Gasteiger partial charge in [0, 0.05) is 26.3 Å². The summed E-state index contributed by atoms with van der Waals surface area (Å²) in [4.78, 5) is 13.5. The normalized spacial score (nSPS) is 30.4. The first-order valence-corrected chi connectivity index (χ1v) is 6.28. The molecule has 0 spiro atoms. The summed E-state index contributed by atoms with van der Waals surface area (Å²) in [6, 6.07) is 0. The van der Waals surface area contributed by atoms with Crippen molar-refractivity contribution in [2.75, 3.05) is 26.3 Å². The van der Waals surface area contributed by atoms with Gasteiger partial charge in [-0.3, -0.25) is 4.79 Å². The van der Waals surface area contributed by atoms with Gasteiger partial charge in [-0.1, -0.05) is 6.58 Å². The summed E-state index contributed by atoms with van der Waals surface area (Å²) in [6.07, 6.45) is 6.25. The Balaban J connectivity index is 1.81. The molecule has 2 unspecified atom stereocenters. The van der Waals surface area contributed by atoms with Crippen molar-refractivity contribution < 1.29 is 9.53 Å². The van der Waals surface area contributed by atoms with Crippen molar-refractivity contribution in [2.45, 2.75) is 25.7 Å². The van der Waals surface area contributed by atoms with Gasteiger partial charge in [-0.15, -0.1) is 0 Å². The number of ether oxygens (including phenoxy) is 1. The van der Waals surface area contributed by atoms with Crippen LogP contribution in [-0.2, 0) is 9.53 Å². The molecule has 90 valence electrons. The van der Waals surface area contributed by atoms with Gasteiger partial charge in [0.05, 0.1) is 0 Å². The predicted octanol–water partition coefficient (Wildman–Crippen LogP) is 1.84. The summed E-state index contributed by atoms with van der Waals surface area (Å²) in [6.45, 7) is 7.22. The van der Waals surface area contributed by atoms with Gasteiger partial charge in [0.1, 0.15) is 0 Å². The van der Waals surface area contributed by atoms with Crippen molar-refractivity contribution in [1.82, 2.24) is 4.90 Å². The van der Waals surface area contributed by atoms with Crippen molar-refractivity contribution in [3.8, 4) is 0 Å². The highest BCUT2D eigenvalue weighted by molar-refractivity contribution is 5.87. The number of nitrogens with zero attached hydrogens (tertiary/aromatic N) is 1. The fourth-order valence-corrected chi connectivity index (χ4v) is 2.83. The van der Waals surface area contributed by atoms with E-state index < -0.39 is 0 Å². The summed E-state index contributed by atoms with van der Waals surface area (Å²) in [5.41, 5.74) is 0. The Morgan fingerprint density at radius 3 is 3.00 bits per heavy atom. The largest absolute Gasteiger partial charge is 0.381 e. The topological polar surface area (TPSA) is 29.5 Å². The van der Waals surface area contributed by atoms with E-state index in [9.17, 15) is 4.79 Å². The molecule has 2 fully saturated rings. The van der Waals surface area contributed by atoms with Crippen LogP contribution in [0.3, 0.4) is 0 Å². The molecule has 0 radical (unpaired) electrons. The number of hydrogen-bond donors (Lipinski definition) is 0. The highest BCUT2D eigenvalue weighted by atomic mass is 16.5. The lowest BCUT2D eigenvalue weighted by molar-refractivity contribution is -0.127. The first kappa shape index (κ1) is 11.6. The molecule has 3 heteroatoms.